The number of hydrogen-bond acceptors (Lipinski definition) is 5. The van der Waals surface area contributed by atoms with Crippen molar-refractivity contribution in [3.05, 3.63) is 34.9 Å². The van der Waals surface area contributed by atoms with Gasteiger partial charge in [0.05, 0.1) is 6.42 Å². The highest BCUT2D eigenvalue weighted by atomic mass is 16.5. The van der Waals surface area contributed by atoms with Crippen molar-refractivity contribution in [3.8, 4) is 0 Å². The molecule has 7 heteroatoms. The third kappa shape index (κ3) is 5.40. The van der Waals surface area contributed by atoms with Gasteiger partial charge in [0.2, 0.25) is 0 Å². The second kappa shape index (κ2) is 9.12. The van der Waals surface area contributed by atoms with Crippen LogP contribution >= 0.6 is 0 Å². The van der Waals surface area contributed by atoms with Crippen molar-refractivity contribution in [2.45, 2.75) is 51.6 Å². The maximum absolute atomic E-state index is 12.3. The molecule has 0 bridgehead atoms. The number of esters is 1. The van der Waals surface area contributed by atoms with Gasteiger partial charge in [-0.2, -0.15) is 0 Å². The van der Waals surface area contributed by atoms with E-state index >= 15 is 0 Å². The number of fused-ring (bicyclic) bond motifs is 1. The molecule has 2 N–H and O–H groups in total. The van der Waals surface area contributed by atoms with Crippen molar-refractivity contribution in [1.82, 2.24) is 10.6 Å². The average molecular weight is 360 g/mol. The van der Waals surface area contributed by atoms with Crippen molar-refractivity contribution in [2.24, 2.45) is 0 Å². The number of benzene rings is 1. The zero-order chi connectivity index (χ0) is 19.1. The van der Waals surface area contributed by atoms with E-state index in [-0.39, 0.29) is 18.6 Å². The number of imide groups is 1. The fourth-order valence-electron chi connectivity index (χ4n) is 2.85. The minimum Gasteiger partial charge on any atom is -0.453 e. The monoisotopic (exact) mass is 360 g/mol. The summed E-state index contributed by atoms with van der Waals surface area (Å²) in [5.41, 5.74) is 3.11. The number of Topliss-reactive ketones (excluding diaryl/α,β-unsaturated/α-hetero) is 1. The second-order valence-corrected chi connectivity index (χ2v) is 6.31. The van der Waals surface area contributed by atoms with Crippen LogP contribution in [0.5, 0.6) is 0 Å². The number of aryl methyl sites for hydroxylation is 2. The maximum atomic E-state index is 12.3. The smallest absolute Gasteiger partial charge is 0.321 e. The van der Waals surface area contributed by atoms with Crippen LogP contribution in [-0.4, -0.2) is 36.8 Å². The summed E-state index contributed by atoms with van der Waals surface area (Å²) in [5, 5.41) is 4.25. The SMILES string of the molecule is CNC(=O)NC(=O)[C@@H](C)OC(=O)CCC(=O)c1ccc2c(c1)CCCC2. The Hall–Kier alpha value is -2.70. The first-order chi connectivity index (χ1) is 12.4. The molecular weight excluding hydrogens is 336 g/mol. The van der Waals surface area contributed by atoms with Gasteiger partial charge >= 0.3 is 12.0 Å². The van der Waals surface area contributed by atoms with Crippen molar-refractivity contribution in [1.29, 1.82) is 0 Å². The molecule has 2 rings (SSSR count). The first-order valence-electron chi connectivity index (χ1n) is 8.77. The summed E-state index contributed by atoms with van der Waals surface area (Å²) in [6.07, 6.45) is 3.13. The van der Waals surface area contributed by atoms with Crippen molar-refractivity contribution in [2.75, 3.05) is 7.05 Å². The van der Waals surface area contributed by atoms with E-state index in [1.165, 1.54) is 31.5 Å². The summed E-state index contributed by atoms with van der Waals surface area (Å²) in [5.74, 6) is -1.51. The molecule has 1 aliphatic rings. The van der Waals surface area contributed by atoms with Gasteiger partial charge in [-0.25, -0.2) is 4.79 Å². The Bertz CT molecular complexity index is 714. The predicted octanol–water partition coefficient (Wildman–Crippen LogP) is 1.92. The summed E-state index contributed by atoms with van der Waals surface area (Å²) < 4.78 is 4.95. The van der Waals surface area contributed by atoms with Crippen molar-refractivity contribution < 1.29 is 23.9 Å². The molecule has 0 aromatic heterocycles. The average Bonchev–Trinajstić information content (AvgIpc) is 2.65. The number of carbonyl (C=O) groups is 4. The highest BCUT2D eigenvalue weighted by molar-refractivity contribution is 5.99. The van der Waals surface area contributed by atoms with Crippen LogP contribution in [0.4, 0.5) is 4.79 Å². The molecule has 1 aromatic carbocycles. The first kappa shape index (κ1) is 19.6. The zero-order valence-corrected chi connectivity index (χ0v) is 15.1. The highest BCUT2D eigenvalue weighted by Gasteiger charge is 2.20. The van der Waals surface area contributed by atoms with E-state index in [0.29, 0.717) is 5.56 Å². The van der Waals surface area contributed by atoms with Gasteiger partial charge in [-0.3, -0.25) is 19.7 Å². The molecule has 0 radical (unpaired) electrons. The Morgan fingerprint density at radius 2 is 1.77 bits per heavy atom. The molecule has 140 valence electrons. The van der Waals surface area contributed by atoms with Crippen molar-refractivity contribution >= 4 is 23.7 Å². The lowest BCUT2D eigenvalue weighted by Crippen LogP contribution is -2.43. The van der Waals surface area contributed by atoms with E-state index in [9.17, 15) is 19.2 Å². The predicted molar refractivity (Wildman–Crippen MR) is 94.8 cm³/mol. The molecule has 0 spiro atoms. The van der Waals surface area contributed by atoms with E-state index in [4.69, 9.17) is 4.74 Å². The molecule has 0 unspecified atom stereocenters. The number of urea groups is 1. The van der Waals surface area contributed by atoms with Gasteiger partial charge in [0.25, 0.3) is 5.91 Å². The molecule has 1 atom stereocenters. The van der Waals surface area contributed by atoms with Gasteiger partial charge in [-0.05, 0) is 49.8 Å². The van der Waals surface area contributed by atoms with Crippen LogP contribution in [-0.2, 0) is 27.2 Å². The lowest BCUT2D eigenvalue weighted by Gasteiger charge is -2.16. The Labute approximate surface area is 152 Å². The third-order valence-corrected chi connectivity index (χ3v) is 4.37. The summed E-state index contributed by atoms with van der Waals surface area (Å²) in [7, 11) is 1.37. The molecule has 0 fully saturated rings. The van der Waals surface area contributed by atoms with Gasteiger partial charge < -0.3 is 10.1 Å². The van der Waals surface area contributed by atoms with Crippen LogP contribution in [0.25, 0.3) is 0 Å². The van der Waals surface area contributed by atoms with Crippen LogP contribution < -0.4 is 10.6 Å². The van der Waals surface area contributed by atoms with Gasteiger partial charge in [0, 0.05) is 19.0 Å². The standard InChI is InChI=1S/C19H24N2O5/c1-12(18(24)21-19(25)20-2)26-17(23)10-9-16(22)15-8-7-13-5-3-4-6-14(13)11-15/h7-8,11-12H,3-6,9-10H2,1-2H3,(H2,20,21,24,25)/t12-/m1/s1. The Morgan fingerprint density at radius 3 is 2.46 bits per heavy atom. The fraction of sp³-hybridized carbons (Fsp3) is 0.474. The van der Waals surface area contributed by atoms with Gasteiger partial charge in [0.1, 0.15) is 0 Å². The van der Waals surface area contributed by atoms with E-state index < -0.39 is 24.0 Å². The summed E-state index contributed by atoms with van der Waals surface area (Å²) in [6, 6.07) is 5.03. The second-order valence-electron chi connectivity index (χ2n) is 6.31. The molecule has 0 heterocycles. The number of hydrogen-bond donors (Lipinski definition) is 2. The number of rotatable bonds is 6. The molecule has 0 aliphatic heterocycles. The molecule has 26 heavy (non-hydrogen) atoms. The third-order valence-electron chi connectivity index (χ3n) is 4.37. The number of carbonyl (C=O) groups excluding carboxylic acids is 4. The van der Waals surface area contributed by atoms with Crippen molar-refractivity contribution in [3.63, 3.8) is 0 Å². The lowest BCUT2D eigenvalue weighted by atomic mass is 9.89. The van der Waals surface area contributed by atoms with E-state index in [1.807, 2.05) is 17.4 Å². The first-order valence-corrected chi connectivity index (χ1v) is 8.77. The lowest BCUT2D eigenvalue weighted by molar-refractivity contribution is -0.154. The van der Waals surface area contributed by atoms with Gasteiger partial charge in [0.15, 0.2) is 11.9 Å². The van der Waals surface area contributed by atoms with E-state index in [0.717, 1.165) is 19.3 Å². The van der Waals surface area contributed by atoms with Crippen LogP contribution in [0.1, 0.15) is 54.1 Å². The maximum Gasteiger partial charge on any atom is 0.321 e. The highest BCUT2D eigenvalue weighted by Crippen LogP contribution is 2.23. The van der Waals surface area contributed by atoms with E-state index in [1.54, 1.807) is 6.07 Å². The summed E-state index contributed by atoms with van der Waals surface area (Å²) >= 11 is 0. The number of amides is 3. The van der Waals surface area contributed by atoms with E-state index in [2.05, 4.69) is 5.32 Å². The molecule has 0 saturated carbocycles. The normalized spacial score (nSPS) is 13.9. The van der Waals surface area contributed by atoms with Crippen LogP contribution in [0.3, 0.4) is 0 Å². The topological polar surface area (TPSA) is 102 Å². The quantitative estimate of drug-likeness (QED) is 0.596. The molecular formula is C19H24N2O5. The number of nitrogens with one attached hydrogen (secondary N) is 2. The molecule has 7 nitrogen and oxygen atoms in total. The Kier molecular flexibility index (Phi) is 6.89. The van der Waals surface area contributed by atoms with Crippen LogP contribution in [0, 0.1) is 0 Å². The number of ether oxygens (including phenoxy) is 1. The molecule has 0 saturated heterocycles. The summed E-state index contributed by atoms with van der Waals surface area (Å²) in [4.78, 5) is 46.8. The minimum atomic E-state index is -1.11. The van der Waals surface area contributed by atoms with Crippen LogP contribution in [0.2, 0.25) is 0 Å². The fourth-order valence-corrected chi connectivity index (χ4v) is 2.85. The number of ketones is 1. The van der Waals surface area contributed by atoms with Gasteiger partial charge in [-0.1, -0.05) is 12.1 Å². The molecule has 1 aliphatic carbocycles. The zero-order valence-electron chi connectivity index (χ0n) is 15.1. The Morgan fingerprint density at radius 1 is 1.08 bits per heavy atom. The Balaban J connectivity index is 1.82. The molecule has 1 aromatic rings. The largest absolute Gasteiger partial charge is 0.453 e. The minimum absolute atomic E-state index is 0.0153. The van der Waals surface area contributed by atoms with Crippen LogP contribution in [0.15, 0.2) is 18.2 Å². The molecule has 3 amide bonds. The summed E-state index contributed by atoms with van der Waals surface area (Å²) in [6.45, 7) is 1.36. The van der Waals surface area contributed by atoms with Gasteiger partial charge in [-0.15, -0.1) is 0 Å².